The zero-order valence-electron chi connectivity index (χ0n) is 6.62. The molecule has 0 atom stereocenters. The number of ether oxygens (including phenoxy) is 1. The smallest absolute Gasteiger partial charge is 0.192 e. The van der Waals surface area contributed by atoms with Crippen LogP contribution in [0.3, 0.4) is 0 Å². The summed E-state index contributed by atoms with van der Waals surface area (Å²) in [5, 5.41) is -0.134. The third kappa shape index (κ3) is 1.37. The summed E-state index contributed by atoms with van der Waals surface area (Å²) in [4.78, 5) is 0. The maximum atomic E-state index is 13.0. The molecule has 1 aromatic carbocycles. The van der Waals surface area contributed by atoms with E-state index in [9.17, 15) is 8.78 Å². The van der Waals surface area contributed by atoms with Crippen LogP contribution in [-0.4, -0.2) is 7.11 Å². The van der Waals surface area contributed by atoms with Gasteiger partial charge in [-0.05, 0) is 18.6 Å². The van der Waals surface area contributed by atoms with Gasteiger partial charge in [-0.2, -0.15) is 0 Å². The van der Waals surface area contributed by atoms with Crippen LogP contribution in [0.15, 0.2) is 6.07 Å². The van der Waals surface area contributed by atoms with Crippen LogP contribution in [0.25, 0.3) is 0 Å². The lowest BCUT2D eigenvalue weighted by Crippen LogP contribution is -1.95. The Balaban J connectivity index is 3.42. The van der Waals surface area contributed by atoms with Crippen LogP contribution in [-0.2, 0) is 0 Å². The van der Waals surface area contributed by atoms with Crippen molar-refractivity contribution in [2.45, 2.75) is 6.92 Å². The number of methoxy groups -OCH3 is 1. The van der Waals surface area contributed by atoms with Gasteiger partial charge in [-0.3, -0.25) is 0 Å². The molecule has 0 heterocycles. The topological polar surface area (TPSA) is 9.23 Å². The minimum Gasteiger partial charge on any atom is -0.491 e. The SMILES string of the molecule is COc1c(F)c(C)cc(Cl)c1F. The van der Waals surface area contributed by atoms with Gasteiger partial charge in [0.2, 0.25) is 0 Å². The second-order valence-electron chi connectivity index (χ2n) is 2.34. The van der Waals surface area contributed by atoms with Gasteiger partial charge in [0.1, 0.15) is 0 Å². The minimum atomic E-state index is -0.859. The van der Waals surface area contributed by atoms with Gasteiger partial charge in [0, 0.05) is 0 Å². The molecule has 0 spiro atoms. The van der Waals surface area contributed by atoms with Crippen molar-refractivity contribution in [2.75, 3.05) is 7.11 Å². The standard InChI is InChI=1S/C8H7ClF2O/c1-4-3-5(9)7(11)8(12-2)6(4)10/h3H,1-2H3. The lowest BCUT2D eigenvalue weighted by molar-refractivity contribution is 0.358. The van der Waals surface area contributed by atoms with E-state index in [1.165, 1.54) is 20.1 Å². The minimum absolute atomic E-state index is 0.134. The van der Waals surface area contributed by atoms with Crippen LogP contribution >= 0.6 is 11.6 Å². The van der Waals surface area contributed by atoms with Gasteiger partial charge in [-0.1, -0.05) is 11.6 Å². The van der Waals surface area contributed by atoms with E-state index in [0.29, 0.717) is 0 Å². The highest BCUT2D eigenvalue weighted by molar-refractivity contribution is 6.31. The summed E-state index contributed by atoms with van der Waals surface area (Å²) < 4.78 is 30.5. The largest absolute Gasteiger partial charge is 0.491 e. The number of aryl methyl sites for hydroxylation is 1. The molecule has 66 valence electrons. The Kier molecular flexibility index (Phi) is 2.52. The Hall–Kier alpha value is -0.830. The average molecular weight is 193 g/mol. The highest BCUT2D eigenvalue weighted by atomic mass is 35.5. The molecular formula is C8H7ClF2O. The molecule has 12 heavy (non-hydrogen) atoms. The van der Waals surface area contributed by atoms with Crippen molar-refractivity contribution in [3.8, 4) is 5.75 Å². The predicted octanol–water partition coefficient (Wildman–Crippen LogP) is 2.94. The lowest BCUT2D eigenvalue weighted by atomic mass is 10.2. The first-order valence-corrected chi connectivity index (χ1v) is 3.63. The van der Waals surface area contributed by atoms with Crippen LogP contribution in [0.1, 0.15) is 5.56 Å². The van der Waals surface area contributed by atoms with E-state index in [1.807, 2.05) is 0 Å². The van der Waals surface area contributed by atoms with Crippen molar-refractivity contribution in [1.29, 1.82) is 0 Å². The number of hydrogen-bond acceptors (Lipinski definition) is 1. The molecule has 1 nitrogen and oxygen atoms in total. The van der Waals surface area contributed by atoms with E-state index in [1.54, 1.807) is 0 Å². The van der Waals surface area contributed by atoms with E-state index < -0.39 is 17.4 Å². The molecule has 1 aromatic rings. The first-order chi connectivity index (χ1) is 5.57. The molecule has 0 radical (unpaired) electrons. The van der Waals surface area contributed by atoms with Gasteiger partial charge in [0.05, 0.1) is 12.1 Å². The van der Waals surface area contributed by atoms with E-state index in [4.69, 9.17) is 11.6 Å². The van der Waals surface area contributed by atoms with Gasteiger partial charge in [-0.15, -0.1) is 0 Å². The monoisotopic (exact) mass is 192 g/mol. The fraction of sp³-hybridized carbons (Fsp3) is 0.250. The van der Waals surface area contributed by atoms with Crippen molar-refractivity contribution < 1.29 is 13.5 Å². The van der Waals surface area contributed by atoms with Crippen LogP contribution < -0.4 is 4.74 Å². The molecule has 0 fully saturated rings. The van der Waals surface area contributed by atoms with E-state index in [0.717, 1.165) is 0 Å². The second-order valence-corrected chi connectivity index (χ2v) is 2.74. The van der Waals surface area contributed by atoms with Crippen molar-refractivity contribution >= 4 is 11.6 Å². The van der Waals surface area contributed by atoms with E-state index in [-0.39, 0.29) is 10.6 Å². The summed E-state index contributed by atoms with van der Waals surface area (Å²) in [5.41, 5.74) is 0.262. The fourth-order valence-electron chi connectivity index (χ4n) is 0.880. The zero-order valence-corrected chi connectivity index (χ0v) is 7.38. The predicted molar refractivity (Wildman–Crippen MR) is 42.7 cm³/mol. The molecule has 0 saturated carbocycles. The Bertz CT molecular complexity index is 286. The molecule has 0 unspecified atom stereocenters. The van der Waals surface area contributed by atoms with Crippen LogP contribution in [0, 0.1) is 18.6 Å². The van der Waals surface area contributed by atoms with Gasteiger partial charge in [0.25, 0.3) is 0 Å². The molecule has 0 saturated heterocycles. The van der Waals surface area contributed by atoms with Crippen molar-refractivity contribution in [2.24, 2.45) is 0 Å². The summed E-state index contributed by atoms with van der Waals surface area (Å²) in [6.45, 7) is 1.49. The van der Waals surface area contributed by atoms with Crippen LogP contribution in [0.2, 0.25) is 5.02 Å². The van der Waals surface area contributed by atoms with Crippen LogP contribution in [0.4, 0.5) is 8.78 Å². The molecule has 0 aliphatic heterocycles. The summed E-state index contributed by atoms with van der Waals surface area (Å²) in [7, 11) is 1.19. The van der Waals surface area contributed by atoms with Gasteiger partial charge < -0.3 is 4.74 Å². The number of halogens is 3. The molecule has 0 N–H and O–H groups in total. The number of hydrogen-bond donors (Lipinski definition) is 0. The van der Waals surface area contributed by atoms with Crippen LogP contribution in [0.5, 0.6) is 5.75 Å². The maximum Gasteiger partial charge on any atom is 0.192 e. The Morgan fingerprint density at radius 2 is 1.92 bits per heavy atom. The highest BCUT2D eigenvalue weighted by Gasteiger charge is 2.15. The van der Waals surface area contributed by atoms with Crippen molar-refractivity contribution in [3.63, 3.8) is 0 Å². The van der Waals surface area contributed by atoms with Gasteiger partial charge >= 0.3 is 0 Å². The third-order valence-corrected chi connectivity index (χ3v) is 1.78. The first kappa shape index (κ1) is 9.26. The molecule has 1 rings (SSSR count). The van der Waals surface area contributed by atoms with E-state index >= 15 is 0 Å². The highest BCUT2D eigenvalue weighted by Crippen LogP contribution is 2.29. The Morgan fingerprint density at radius 3 is 2.42 bits per heavy atom. The molecule has 0 aliphatic carbocycles. The zero-order chi connectivity index (χ0) is 9.30. The van der Waals surface area contributed by atoms with Crippen molar-refractivity contribution in [1.82, 2.24) is 0 Å². The molecular weight excluding hydrogens is 186 g/mol. The number of benzene rings is 1. The molecule has 0 aromatic heterocycles. The summed E-state index contributed by atoms with van der Waals surface area (Å²) in [6, 6.07) is 1.22. The normalized spacial score (nSPS) is 10.1. The lowest BCUT2D eigenvalue weighted by Gasteiger charge is -2.06. The second kappa shape index (κ2) is 3.27. The first-order valence-electron chi connectivity index (χ1n) is 3.26. The third-order valence-electron chi connectivity index (χ3n) is 1.50. The maximum absolute atomic E-state index is 13.0. The summed E-state index contributed by atoms with van der Waals surface area (Å²) in [6.07, 6.45) is 0. The summed E-state index contributed by atoms with van der Waals surface area (Å²) in [5.74, 6) is -2.00. The summed E-state index contributed by atoms with van der Waals surface area (Å²) >= 11 is 5.45. The van der Waals surface area contributed by atoms with Crippen molar-refractivity contribution in [3.05, 3.63) is 28.3 Å². The fourth-order valence-corrected chi connectivity index (χ4v) is 1.13. The molecule has 0 aliphatic rings. The molecule has 0 amide bonds. The van der Waals surface area contributed by atoms with E-state index in [2.05, 4.69) is 4.74 Å². The Morgan fingerprint density at radius 1 is 1.33 bits per heavy atom. The average Bonchev–Trinajstić information content (AvgIpc) is 2.02. The van der Waals surface area contributed by atoms with Gasteiger partial charge in [-0.25, -0.2) is 8.78 Å². The Labute approximate surface area is 73.9 Å². The molecule has 0 bridgehead atoms. The quantitative estimate of drug-likeness (QED) is 0.622. The number of rotatable bonds is 1. The van der Waals surface area contributed by atoms with Gasteiger partial charge in [0.15, 0.2) is 17.4 Å². The molecule has 4 heteroatoms.